The second-order valence-electron chi connectivity index (χ2n) is 3.97. The molecule has 0 radical (unpaired) electrons. The lowest BCUT2D eigenvalue weighted by atomic mass is 10.0. The van der Waals surface area contributed by atoms with Gasteiger partial charge in [-0.25, -0.2) is 0 Å². The van der Waals surface area contributed by atoms with Crippen LogP contribution in [0.1, 0.15) is 23.8 Å². The summed E-state index contributed by atoms with van der Waals surface area (Å²) in [6.45, 7) is 2.20. The predicted molar refractivity (Wildman–Crippen MR) is 68.1 cm³/mol. The minimum atomic E-state index is 0.569. The van der Waals surface area contributed by atoms with Crippen LogP contribution >= 0.6 is 22.7 Å². The maximum absolute atomic E-state index is 4.33. The van der Waals surface area contributed by atoms with Gasteiger partial charge in [-0.05, 0) is 30.8 Å². The van der Waals surface area contributed by atoms with Crippen LogP contribution in [-0.2, 0) is 0 Å². The first kappa shape index (κ1) is 10.4. The van der Waals surface area contributed by atoms with Crippen LogP contribution in [0.4, 0.5) is 0 Å². The van der Waals surface area contributed by atoms with Gasteiger partial charge in [0.15, 0.2) is 5.01 Å². The first-order chi connectivity index (χ1) is 7.93. The second kappa shape index (κ2) is 4.61. The van der Waals surface area contributed by atoms with Gasteiger partial charge in [-0.3, -0.25) is 0 Å². The monoisotopic (exact) mass is 251 g/mol. The van der Waals surface area contributed by atoms with E-state index in [2.05, 4.69) is 33.0 Å². The lowest BCUT2D eigenvalue weighted by Gasteiger charge is -2.19. The zero-order valence-electron chi connectivity index (χ0n) is 8.85. The fourth-order valence-corrected chi connectivity index (χ4v) is 3.73. The molecular weight excluding hydrogens is 238 g/mol. The zero-order chi connectivity index (χ0) is 10.8. The summed E-state index contributed by atoms with van der Waals surface area (Å²) in [5, 5.41) is 16.4. The molecule has 3 heterocycles. The van der Waals surface area contributed by atoms with Crippen molar-refractivity contribution >= 4 is 22.7 Å². The molecule has 3 nitrogen and oxygen atoms in total. The average Bonchev–Trinajstić information content (AvgIpc) is 3.01. The largest absolute Gasteiger partial charge is 0.316 e. The molecule has 1 N–H and O–H groups in total. The van der Waals surface area contributed by atoms with Gasteiger partial charge in [0.2, 0.25) is 0 Å². The Hall–Kier alpha value is -0.780. The van der Waals surface area contributed by atoms with Crippen LogP contribution in [0, 0.1) is 0 Å². The van der Waals surface area contributed by atoms with E-state index in [9.17, 15) is 0 Å². The van der Waals surface area contributed by atoms with E-state index in [1.54, 1.807) is 22.7 Å². The van der Waals surface area contributed by atoms with Crippen molar-refractivity contribution in [3.05, 3.63) is 22.5 Å². The van der Waals surface area contributed by atoms with E-state index in [1.807, 2.05) is 0 Å². The average molecular weight is 251 g/mol. The molecule has 5 heteroatoms. The summed E-state index contributed by atoms with van der Waals surface area (Å²) in [6, 6.07) is 4.16. The van der Waals surface area contributed by atoms with Gasteiger partial charge in [-0.2, -0.15) is 0 Å². The summed E-state index contributed by atoms with van der Waals surface area (Å²) in [5.74, 6) is 0.569. The Kier molecular flexibility index (Phi) is 2.99. The Morgan fingerprint density at radius 2 is 2.38 bits per heavy atom. The Labute approximate surface area is 103 Å². The SMILES string of the molecule is c1csc(-c2nnc([C@@H]3CCCNC3)s2)c1. The van der Waals surface area contributed by atoms with Gasteiger partial charge in [0.25, 0.3) is 0 Å². The fraction of sp³-hybridized carbons (Fsp3) is 0.455. The highest BCUT2D eigenvalue weighted by Crippen LogP contribution is 2.32. The molecule has 0 amide bonds. The van der Waals surface area contributed by atoms with Crippen molar-refractivity contribution in [2.75, 3.05) is 13.1 Å². The highest BCUT2D eigenvalue weighted by Gasteiger charge is 2.19. The Bertz CT molecular complexity index is 444. The van der Waals surface area contributed by atoms with Crippen LogP contribution < -0.4 is 5.32 Å². The van der Waals surface area contributed by atoms with Crippen LogP contribution in [0.25, 0.3) is 9.88 Å². The van der Waals surface area contributed by atoms with E-state index >= 15 is 0 Å². The smallest absolute Gasteiger partial charge is 0.157 e. The third-order valence-corrected chi connectivity index (χ3v) is 4.94. The first-order valence-electron chi connectivity index (χ1n) is 5.51. The van der Waals surface area contributed by atoms with Crippen molar-refractivity contribution in [1.29, 1.82) is 0 Å². The molecule has 2 aromatic heterocycles. The van der Waals surface area contributed by atoms with Gasteiger partial charge in [-0.1, -0.05) is 17.4 Å². The fourth-order valence-electron chi connectivity index (χ4n) is 1.96. The topological polar surface area (TPSA) is 37.8 Å². The number of nitrogens with zero attached hydrogens (tertiary/aromatic N) is 2. The lowest BCUT2D eigenvalue weighted by molar-refractivity contribution is 0.458. The van der Waals surface area contributed by atoms with Gasteiger partial charge in [0.1, 0.15) is 5.01 Å². The van der Waals surface area contributed by atoms with Crippen molar-refractivity contribution in [3.8, 4) is 9.88 Å². The van der Waals surface area contributed by atoms with Crippen LogP contribution in [0.15, 0.2) is 17.5 Å². The number of thiophene rings is 1. The second-order valence-corrected chi connectivity index (χ2v) is 5.92. The molecular formula is C11H13N3S2. The molecule has 0 aliphatic carbocycles. The van der Waals surface area contributed by atoms with E-state index in [0.29, 0.717) is 5.92 Å². The molecule has 0 aromatic carbocycles. The standard InChI is InChI=1S/C11H13N3S2/c1-3-8(7-12-5-1)10-13-14-11(16-10)9-4-2-6-15-9/h2,4,6,8,12H,1,3,5,7H2/t8-/m1/s1. The van der Waals surface area contributed by atoms with Crippen molar-refractivity contribution < 1.29 is 0 Å². The predicted octanol–water partition coefficient (Wildman–Crippen LogP) is 2.73. The number of piperidine rings is 1. The third kappa shape index (κ3) is 2.03. The van der Waals surface area contributed by atoms with Crippen LogP contribution in [-0.4, -0.2) is 23.3 Å². The maximum Gasteiger partial charge on any atom is 0.157 e. The minimum Gasteiger partial charge on any atom is -0.316 e. The quantitative estimate of drug-likeness (QED) is 0.892. The molecule has 0 bridgehead atoms. The molecule has 16 heavy (non-hydrogen) atoms. The Balaban J connectivity index is 1.82. The molecule has 1 aliphatic rings. The molecule has 2 aromatic rings. The highest BCUT2D eigenvalue weighted by atomic mass is 32.1. The van der Waals surface area contributed by atoms with Gasteiger partial charge in [-0.15, -0.1) is 21.5 Å². The number of hydrogen-bond acceptors (Lipinski definition) is 5. The van der Waals surface area contributed by atoms with Crippen molar-refractivity contribution in [2.24, 2.45) is 0 Å². The molecule has 0 spiro atoms. The minimum absolute atomic E-state index is 0.569. The molecule has 1 aliphatic heterocycles. The van der Waals surface area contributed by atoms with E-state index < -0.39 is 0 Å². The van der Waals surface area contributed by atoms with Crippen molar-refractivity contribution in [1.82, 2.24) is 15.5 Å². The van der Waals surface area contributed by atoms with E-state index in [-0.39, 0.29) is 0 Å². The summed E-state index contributed by atoms with van der Waals surface area (Å²) in [6.07, 6.45) is 2.49. The van der Waals surface area contributed by atoms with E-state index in [0.717, 1.165) is 18.1 Å². The summed E-state index contributed by atoms with van der Waals surface area (Å²) in [4.78, 5) is 1.23. The summed E-state index contributed by atoms with van der Waals surface area (Å²) in [7, 11) is 0. The molecule has 3 rings (SSSR count). The van der Waals surface area contributed by atoms with Crippen molar-refractivity contribution in [2.45, 2.75) is 18.8 Å². The molecule has 1 fully saturated rings. The first-order valence-corrected chi connectivity index (χ1v) is 7.21. The van der Waals surface area contributed by atoms with Gasteiger partial charge in [0, 0.05) is 12.5 Å². The highest BCUT2D eigenvalue weighted by molar-refractivity contribution is 7.20. The van der Waals surface area contributed by atoms with Crippen molar-refractivity contribution in [3.63, 3.8) is 0 Å². The Morgan fingerprint density at radius 3 is 3.12 bits per heavy atom. The third-order valence-electron chi connectivity index (χ3n) is 2.82. The molecule has 1 atom stereocenters. The van der Waals surface area contributed by atoms with E-state index in [4.69, 9.17) is 0 Å². The number of hydrogen-bond donors (Lipinski definition) is 1. The lowest BCUT2D eigenvalue weighted by Crippen LogP contribution is -2.28. The Morgan fingerprint density at radius 1 is 1.38 bits per heavy atom. The number of nitrogens with one attached hydrogen (secondary N) is 1. The summed E-state index contributed by atoms with van der Waals surface area (Å²) in [5.41, 5.74) is 0. The van der Waals surface area contributed by atoms with Gasteiger partial charge in [0.05, 0.1) is 4.88 Å². The molecule has 84 valence electrons. The summed E-state index contributed by atoms with van der Waals surface area (Å²) < 4.78 is 0. The maximum atomic E-state index is 4.33. The number of aromatic nitrogens is 2. The van der Waals surface area contributed by atoms with Crippen LogP contribution in [0.5, 0.6) is 0 Å². The van der Waals surface area contributed by atoms with Gasteiger partial charge < -0.3 is 5.32 Å². The molecule has 0 saturated carbocycles. The molecule has 0 unspecified atom stereocenters. The van der Waals surface area contributed by atoms with Gasteiger partial charge >= 0.3 is 0 Å². The molecule has 1 saturated heterocycles. The normalized spacial score (nSPS) is 21.1. The van der Waals surface area contributed by atoms with Crippen LogP contribution in [0.2, 0.25) is 0 Å². The summed E-state index contributed by atoms with van der Waals surface area (Å²) >= 11 is 3.47. The number of rotatable bonds is 2. The van der Waals surface area contributed by atoms with E-state index in [1.165, 1.54) is 22.7 Å². The van der Waals surface area contributed by atoms with Crippen LogP contribution in [0.3, 0.4) is 0 Å². The zero-order valence-corrected chi connectivity index (χ0v) is 10.5.